The van der Waals surface area contributed by atoms with Gasteiger partial charge in [-0.25, -0.2) is 0 Å². The Kier molecular flexibility index (Phi) is 1.96. The molecule has 2 atom stereocenters. The summed E-state index contributed by atoms with van der Waals surface area (Å²) in [6.45, 7) is 2.18. The minimum Gasteiger partial charge on any atom is -0.508 e. The summed E-state index contributed by atoms with van der Waals surface area (Å²) >= 11 is 0. The van der Waals surface area contributed by atoms with E-state index in [0.29, 0.717) is 17.7 Å². The Morgan fingerprint density at radius 2 is 2.00 bits per heavy atom. The topological polar surface area (TPSA) is 59.2 Å². The third-order valence-electron chi connectivity index (χ3n) is 3.00. The summed E-state index contributed by atoms with van der Waals surface area (Å²) in [5.74, 6) is 2.70. The second kappa shape index (κ2) is 3.33. The molecule has 2 unspecified atom stereocenters. The van der Waals surface area contributed by atoms with Crippen molar-refractivity contribution in [2.45, 2.75) is 19.3 Å². The smallest absolute Gasteiger partial charge is 0.257 e. The van der Waals surface area contributed by atoms with Gasteiger partial charge in [0.2, 0.25) is 0 Å². The summed E-state index contributed by atoms with van der Waals surface area (Å²) in [6, 6.07) is 6.75. The first-order chi connectivity index (χ1) is 7.74. The van der Waals surface area contributed by atoms with Gasteiger partial charge >= 0.3 is 0 Å². The fourth-order valence-electron chi connectivity index (χ4n) is 1.79. The van der Waals surface area contributed by atoms with Gasteiger partial charge in [0, 0.05) is 11.5 Å². The fraction of sp³-hybridized carbons (Fsp3) is 0.333. The molecule has 1 saturated carbocycles. The third kappa shape index (κ3) is 1.56. The number of hydrogen-bond acceptors (Lipinski definition) is 4. The van der Waals surface area contributed by atoms with Crippen molar-refractivity contribution in [3.63, 3.8) is 0 Å². The summed E-state index contributed by atoms with van der Waals surface area (Å²) in [5, 5.41) is 13.2. The van der Waals surface area contributed by atoms with Crippen LogP contribution >= 0.6 is 0 Å². The van der Waals surface area contributed by atoms with Gasteiger partial charge in [-0.3, -0.25) is 0 Å². The average molecular weight is 216 g/mol. The van der Waals surface area contributed by atoms with Gasteiger partial charge in [-0.2, -0.15) is 4.98 Å². The van der Waals surface area contributed by atoms with Gasteiger partial charge < -0.3 is 9.63 Å². The van der Waals surface area contributed by atoms with Crippen LogP contribution in [0.2, 0.25) is 0 Å². The lowest BCUT2D eigenvalue weighted by molar-refractivity contribution is 0.422. The maximum atomic E-state index is 9.18. The Hall–Kier alpha value is -1.84. The molecule has 0 saturated heterocycles. The van der Waals surface area contributed by atoms with E-state index in [0.717, 1.165) is 17.8 Å². The second-order valence-electron chi connectivity index (χ2n) is 4.32. The zero-order valence-electron chi connectivity index (χ0n) is 8.92. The van der Waals surface area contributed by atoms with Gasteiger partial charge in [0.25, 0.3) is 5.89 Å². The molecule has 4 heteroatoms. The van der Waals surface area contributed by atoms with E-state index >= 15 is 0 Å². The third-order valence-corrected chi connectivity index (χ3v) is 3.00. The molecule has 1 aliphatic rings. The first-order valence-electron chi connectivity index (χ1n) is 5.37. The van der Waals surface area contributed by atoms with Crippen molar-refractivity contribution < 1.29 is 9.63 Å². The van der Waals surface area contributed by atoms with Crippen molar-refractivity contribution in [2.75, 3.05) is 0 Å². The highest BCUT2D eigenvalue weighted by Gasteiger charge is 2.38. The van der Waals surface area contributed by atoms with Crippen LogP contribution in [0.25, 0.3) is 11.5 Å². The van der Waals surface area contributed by atoms with E-state index in [1.807, 2.05) is 0 Å². The van der Waals surface area contributed by atoms with Crippen LogP contribution in [0.1, 0.15) is 25.1 Å². The maximum Gasteiger partial charge on any atom is 0.257 e. The van der Waals surface area contributed by atoms with Crippen molar-refractivity contribution in [1.29, 1.82) is 0 Å². The Morgan fingerprint density at radius 3 is 2.62 bits per heavy atom. The van der Waals surface area contributed by atoms with Crippen LogP contribution in [0.3, 0.4) is 0 Å². The van der Waals surface area contributed by atoms with Gasteiger partial charge in [0.05, 0.1) is 0 Å². The summed E-state index contributed by atoms with van der Waals surface area (Å²) in [7, 11) is 0. The summed E-state index contributed by atoms with van der Waals surface area (Å²) in [4.78, 5) is 4.36. The zero-order chi connectivity index (χ0) is 11.1. The molecule has 1 heterocycles. The van der Waals surface area contributed by atoms with E-state index < -0.39 is 0 Å². The lowest BCUT2D eigenvalue weighted by Crippen LogP contribution is -1.84. The molecule has 16 heavy (non-hydrogen) atoms. The summed E-state index contributed by atoms with van der Waals surface area (Å²) in [6.07, 6.45) is 1.15. The minimum absolute atomic E-state index is 0.235. The zero-order valence-corrected chi connectivity index (χ0v) is 8.92. The first kappa shape index (κ1) is 9.39. The molecule has 0 radical (unpaired) electrons. The molecule has 1 aliphatic carbocycles. The van der Waals surface area contributed by atoms with Crippen LogP contribution in [0.4, 0.5) is 0 Å². The van der Waals surface area contributed by atoms with Gasteiger partial charge in [0.15, 0.2) is 5.82 Å². The van der Waals surface area contributed by atoms with Crippen LogP contribution < -0.4 is 0 Å². The normalized spacial score (nSPS) is 23.3. The van der Waals surface area contributed by atoms with Crippen molar-refractivity contribution >= 4 is 0 Å². The number of nitrogens with zero attached hydrogens (tertiary/aromatic N) is 2. The van der Waals surface area contributed by atoms with Crippen LogP contribution in [0.15, 0.2) is 28.8 Å². The Labute approximate surface area is 92.9 Å². The lowest BCUT2D eigenvalue weighted by atomic mass is 10.2. The molecule has 0 aliphatic heterocycles. The molecule has 0 bridgehead atoms. The molecule has 4 nitrogen and oxygen atoms in total. The largest absolute Gasteiger partial charge is 0.508 e. The van der Waals surface area contributed by atoms with E-state index in [9.17, 15) is 5.11 Å². The van der Waals surface area contributed by atoms with Gasteiger partial charge in [-0.1, -0.05) is 12.1 Å². The molecule has 1 fully saturated rings. The predicted octanol–water partition coefficient (Wildman–Crippen LogP) is 2.57. The van der Waals surface area contributed by atoms with E-state index in [1.54, 1.807) is 24.3 Å². The Bertz CT molecular complexity index is 504. The molecule has 2 aromatic rings. The maximum absolute atomic E-state index is 9.18. The molecule has 0 spiro atoms. The van der Waals surface area contributed by atoms with Crippen LogP contribution in [-0.4, -0.2) is 15.2 Å². The average Bonchev–Trinajstić information content (AvgIpc) is 2.82. The van der Waals surface area contributed by atoms with E-state index in [4.69, 9.17) is 4.52 Å². The minimum atomic E-state index is 0.235. The fourth-order valence-corrected chi connectivity index (χ4v) is 1.79. The van der Waals surface area contributed by atoms with E-state index in [1.165, 1.54) is 0 Å². The molecule has 1 N–H and O–H groups in total. The molecule has 1 aromatic carbocycles. The first-order valence-corrected chi connectivity index (χ1v) is 5.37. The Balaban J connectivity index is 1.89. The monoisotopic (exact) mass is 216 g/mol. The number of aromatic hydroxyl groups is 1. The molecule has 3 rings (SSSR count). The highest BCUT2D eigenvalue weighted by molar-refractivity contribution is 5.54. The predicted molar refractivity (Wildman–Crippen MR) is 57.9 cm³/mol. The number of rotatable bonds is 2. The van der Waals surface area contributed by atoms with Crippen molar-refractivity contribution in [3.8, 4) is 17.2 Å². The van der Waals surface area contributed by atoms with Crippen molar-refractivity contribution in [1.82, 2.24) is 10.1 Å². The number of phenolic OH excluding ortho intramolecular Hbond substituents is 1. The SMILES string of the molecule is CC1CC1c1noc(-c2ccc(O)cc2)n1. The van der Waals surface area contributed by atoms with Gasteiger partial charge in [-0.15, -0.1) is 0 Å². The van der Waals surface area contributed by atoms with Gasteiger partial charge in [0.1, 0.15) is 5.75 Å². The molecule has 0 amide bonds. The molecule has 1 aromatic heterocycles. The summed E-state index contributed by atoms with van der Waals surface area (Å²) in [5.41, 5.74) is 0.838. The lowest BCUT2D eigenvalue weighted by Gasteiger charge is -1.93. The second-order valence-corrected chi connectivity index (χ2v) is 4.32. The number of benzene rings is 1. The van der Waals surface area contributed by atoms with E-state index in [2.05, 4.69) is 17.1 Å². The van der Waals surface area contributed by atoms with Crippen LogP contribution in [-0.2, 0) is 0 Å². The Morgan fingerprint density at radius 1 is 1.31 bits per heavy atom. The highest BCUT2D eigenvalue weighted by Crippen LogP contribution is 2.45. The molecular formula is C12H12N2O2. The number of phenols is 1. The van der Waals surface area contributed by atoms with Gasteiger partial charge in [-0.05, 0) is 36.6 Å². The standard InChI is InChI=1S/C12H12N2O2/c1-7-6-10(7)11-13-12(16-14-11)8-2-4-9(15)5-3-8/h2-5,7,10,15H,6H2,1H3. The highest BCUT2D eigenvalue weighted by atomic mass is 16.5. The molecule has 82 valence electrons. The number of aromatic nitrogens is 2. The summed E-state index contributed by atoms with van der Waals surface area (Å²) < 4.78 is 5.20. The van der Waals surface area contributed by atoms with Crippen LogP contribution in [0, 0.1) is 5.92 Å². The molecular weight excluding hydrogens is 204 g/mol. The van der Waals surface area contributed by atoms with Crippen molar-refractivity contribution in [2.24, 2.45) is 5.92 Å². The number of hydrogen-bond donors (Lipinski definition) is 1. The van der Waals surface area contributed by atoms with E-state index in [-0.39, 0.29) is 5.75 Å². The quantitative estimate of drug-likeness (QED) is 0.838. The van der Waals surface area contributed by atoms with Crippen molar-refractivity contribution in [3.05, 3.63) is 30.1 Å². The van der Waals surface area contributed by atoms with Crippen LogP contribution in [0.5, 0.6) is 5.75 Å².